The highest BCUT2D eigenvalue weighted by molar-refractivity contribution is 7.07. The summed E-state index contributed by atoms with van der Waals surface area (Å²) < 4.78 is 20.1. The van der Waals surface area contributed by atoms with E-state index < -0.39 is 12.0 Å². The zero-order chi connectivity index (χ0) is 24.6. The summed E-state index contributed by atoms with van der Waals surface area (Å²) in [6.07, 6.45) is 3.52. The van der Waals surface area contributed by atoms with E-state index >= 15 is 0 Å². The molecule has 0 bridgehead atoms. The Kier molecular flexibility index (Phi) is 6.43. The van der Waals surface area contributed by atoms with Gasteiger partial charge in [0.1, 0.15) is 17.5 Å². The quantitative estimate of drug-likeness (QED) is 0.498. The highest BCUT2D eigenvalue weighted by atomic mass is 32.1. The molecule has 1 atom stereocenters. The Morgan fingerprint density at radius 3 is 2.62 bits per heavy atom. The van der Waals surface area contributed by atoms with Crippen LogP contribution in [0.3, 0.4) is 0 Å². The Morgan fingerprint density at radius 1 is 1.24 bits per heavy atom. The molecule has 0 saturated heterocycles. The first-order valence-electron chi connectivity index (χ1n) is 10.7. The molecule has 9 nitrogen and oxygen atoms in total. The van der Waals surface area contributed by atoms with Crippen LogP contribution in [0.25, 0.3) is 6.08 Å². The highest BCUT2D eigenvalue weighted by Gasteiger charge is 2.35. The van der Waals surface area contributed by atoms with Gasteiger partial charge >= 0.3 is 5.97 Å². The molecule has 0 amide bonds. The van der Waals surface area contributed by atoms with Gasteiger partial charge in [-0.15, -0.1) is 0 Å². The number of esters is 1. The van der Waals surface area contributed by atoms with Crippen LogP contribution in [0, 0.1) is 6.92 Å². The molecule has 0 fully saturated rings. The molecule has 4 rings (SSSR count). The summed E-state index contributed by atoms with van der Waals surface area (Å²) in [5.74, 6) is 0.556. The summed E-state index contributed by atoms with van der Waals surface area (Å²) in [4.78, 5) is 31.8. The van der Waals surface area contributed by atoms with Crippen LogP contribution in [-0.2, 0) is 16.6 Å². The number of aryl methyl sites for hydroxylation is 1. The van der Waals surface area contributed by atoms with Crippen LogP contribution < -0.4 is 24.4 Å². The topological polar surface area (TPSA) is 96.9 Å². The number of thiazole rings is 1. The molecule has 2 aromatic heterocycles. The normalized spacial score (nSPS) is 15.7. The van der Waals surface area contributed by atoms with Gasteiger partial charge in [-0.3, -0.25) is 14.0 Å². The van der Waals surface area contributed by atoms with Crippen LogP contribution in [0.15, 0.2) is 45.5 Å². The number of rotatable bonds is 6. The lowest BCUT2D eigenvalue weighted by atomic mass is 9.95. The molecule has 1 aromatic carbocycles. The molecule has 0 aliphatic carbocycles. The molecule has 0 N–H and O–H groups in total. The van der Waals surface area contributed by atoms with E-state index in [1.165, 1.54) is 23.0 Å². The Hall–Kier alpha value is -3.66. The third-order valence-electron chi connectivity index (χ3n) is 5.81. The summed E-state index contributed by atoms with van der Waals surface area (Å²) in [6, 6.07) is 4.52. The van der Waals surface area contributed by atoms with Crippen molar-refractivity contribution in [1.29, 1.82) is 0 Å². The van der Waals surface area contributed by atoms with E-state index in [0.29, 0.717) is 37.7 Å². The number of fused-ring (bicyclic) bond motifs is 1. The van der Waals surface area contributed by atoms with E-state index in [-0.39, 0.29) is 12.2 Å². The number of hydrogen-bond donors (Lipinski definition) is 0. The summed E-state index contributed by atoms with van der Waals surface area (Å²) in [6.45, 7) is 5.62. The number of ether oxygens (including phenoxy) is 3. The molecular formula is C24H26N4O5S. The smallest absolute Gasteiger partial charge is 0.338 e. The number of allylic oxidation sites excluding steroid dienone is 1. The van der Waals surface area contributed by atoms with Gasteiger partial charge in [0, 0.05) is 29.9 Å². The van der Waals surface area contributed by atoms with Crippen LogP contribution in [-0.4, -0.2) is 41.1 Å². The van der Waals surface area contributed by atoms with Gasteiger partial charge in [0.15, 0.2) is 4.80 Å². The Labute approximate surface area is 200 Å². The minimum Gasteiger partial charge on any atom is -0.497 e. The van der Waals surface area contributed by atoms with Crippen molar-refractivity contribution in [3.8, 4) is 11.5 Å². The van der Waals surface area contributed by atoms with Gasteiger partial charge < -0.3 is 14.2 Å². The van der Waals surface area contributed by atoms with Crippen molar-refractivity contribution in [2.45, 2.75) is 26.8 Å². The molecule has 178 valence electrons. The van der Waals surface area contributed by atoms with Gasteiger partial charge in [0.25, 0.3) is 5.56 Å². The van der Waals surface area contributed by atoms with Crippen LogP contribution >= 0.6 is 11.3 Å². The molecule has 0 radical (unpaired) electrons. The van der Waals surface area contributed by atoms with E-state index in [2.05, 4.69) is 10.1 Å². The second-order valence-electron chi connectivity index (χ2n) is 7.72. The Bertz CT molecular complexity index is 1480. The summed E-state index contributed by atoms with van der Waals surface area (Å²) >= 11 is 1.26. The SMILES string of the molecule is CCOC(=O)C1=C(C)N=c2sc(=Cc3cnn(C)c3C)c(=O)n2C1c1ccc(OC)cc1OC. The molecule has 1 aliphatic heterocycles. The zero-order valence-corrected chi connectivity index (χ0v) is 20.7. The lowest BCUT2D eigenvalue weighted by Crippen LogP contribution is -2.40. The zero-order valence-electron chi connectivity index (χ0n) is 19.9. The third-order valence-corrected chi connectivity index (χ3v) is 6.80. The maximum absolute atomic E-state index is 13.7. The van der Waals surface area contributed by atoms with Gasteiger partial charge in [-0.25, -0.2) is 9.79 Å². The molecule has 10 heteroatoms. The largest absolute Gasteiger partial charge is 0.497 e. The minimum absolute atomic E-state index is 0.201. The first-order chi connectivity index (χ1) is 16.3. The summed E-state index contributed by atoms with van der Waals surface area (Å²) in [5.41, 5.74) is 2.93. The van der Waals surface area contributed by atoms with Crippen molar-refractivity contribution in [3.63, 3.8) is 0 Å². The van der Waals surface area contributed by atoms with Gasteiger partial charge in [-0.05, 0) is 39.0 Å². The fraction of sp³-hybridized carbons (Fsp3) is 0.333. The Balaban J connectivity index is 2.01. The lowest BCUT2D eigenvalue weighted by molar-refractivity contribution is -0.139. The van der Waals surface area contributed by atoms with E-state index in [4.69, 9.17) is 14.2 Å². The number of aromatic nitrogens is 3. The van der Waals surface area contributed by atoms with Crippen LogP contribution in [0.5, 0.6) is 11.5 Å². The molecule has 3 heterocycles. The van der Waals surface area contributed by atoms with Gasteiger partial charge in [0.2, 0.25) is 0 Å². The van der Waals surface area contributed by atoms with E-state index in [1.807, 2.05) is 14.0 Å². The monoisotopic (exact) mass is 482 g/mol. The Morgan fingerprint density at radius 2 is 2.00 bits per heavy atom. The fourth-order valence-electron chi connectivity index (χ4n) is 3.93. The molecule has 34 heavy (non-hydrogen) atoms. The van der Waals surface area contributed by atoms with E-state index in [0.717, 1.165) is 11.3 Å². The molecule has 0 spiro atoms. The van der Waals surface area contributed by atoms with Crippen molar-refractivity contribution in [2.75, 3.05) is 20.8 Å². The second-order valence-corrected chi connectivity index (χ2v) is 8.73. The van der Waals surface area contributed by atoms with Crippen molar-refractivity contribution in [1.82, 2.24) is 14.3 Å². The van der Waals surface area contributed by atoms with Crippen LogP contribution in [0.2, 0.25) is 0 Å². The predicted octanol–water partition coefficient (Wildman–Crippen LogP) is 1.86. The van der Waals surface area contributed by atoms with Crippen molar-refractivity contribution in [3.05, 3.63) is 72.2 Å². The fourth-order valence-corrected chi connectivity index (χ4v) is 4.97. The molecule has 1 aliphatic rings. The highest BCUT2D eigenvalue weighted by Crippen LogP contribution is 2.37. The van der Waals surface area contributed by atoms with Crippen LogP contribution in [0.1, 0.15) is 36.7 Å². The molecule has 0 saturated carbocycles. The average molecular weight is 483 g/mol. The van der Waals surface area contributed by atoms with Gasteiger partial charge in [-0.2, -0.15) is 5.10 Å². The standard InChI is InChI=1S/C24H26N4O5S/c1-7-33-23(30)20-13(2)26-24-28(21(20)17-9-8-16(31-5)11-18(17)32-6)22(29)19(34-24)10-15-12-25-27(4)14(15)3/h8-12,21H,7H2,1-6H3. The number of methoxy groups -OCH3 is 2. The average Bonchev–Trinajstić information content (AvgIpc) is 3.31. The number of benzene rings is 1. The van der Waals surface area contributed by atoms with E-state index in [1.54, 1.807) is 56.1 Å². The number of carbonyl (C=O) groups excluding carboxylic acids is 1. The maximum Gasteiger partial charge on any atom is 0.338 e. The predicted molar refractivity (Wildman–Crippen MR) is 128 cm³/mol. The first-order valence-corrected chi connectivity index (χ1v) is 11.5. The number of hydrogen-bond acceptors (Lipinski definition) is 8. The van der Waals surface area contributed by atoms with Crippen molar-refractivity contribution < 1.29 is 19.0 Å². The van der Waals surface area contributed by atoms with Crippen molar-refractivity contribution in [2.24, 2.45) is 12.0 Å². The number of carbonyl (C=O) groups is 1. The second kappa shape index (κ2) is 9.30. The number of nitrogens with zero attached hydrogens (tertiary/aromatic N) is 4. The van der Waals surface area contributed by atoms with E-state index in [9.17, 15) is 9.59 Å². The first kappa shape index (κ1) is 23.5. The molecular weight excluding hydrogens is 456 g/mol. The lowest BCUT2D eigenvalue weighted by Gasteiger charge is -2.26. The molecule has 3 aromatic rings. The maximum atomic E-state index is 13.7. The van der Waals surface area contributed by atoms with Crippen LogP contribution in [0.4, 0.5) is 0 Å². The minimum atomic E-state index is -0.770. The third kappa shape index (κ3) is 3.94. The van der Waals surface area contributed by atoms with Crippen molar-refractivity contribution >= 4 is 23.4 Å². The summed E-state index contributed by atoms with van der Waals surface area (Å²) in [5, 5.41) is 4.25. The van der Waals surface area contributed by atoms with Gasteiger partial charge in [0.05, 0.1) is 42.8 Å². The molecule has 1 unspecified atom stereocenters. The van der Waals surface area contributed by atoms with Gasteiger partial charge in [-0.1, -0.05) is 11.3 Å². The summed E-state index contributed by atoms with van der Waals surface area (Å²) in [7, 11) is 4.94.